The largest absolute Gasteiger partial charge is 0.206 e. The maximum Gasteiger partial charge on any atom is 0.137 e. The van der Waals surface area contributed by atoms with E-state index in [-0.39, 0.29) is 5.82 Å². The minimum atomic E-state index is -0.208. The molecule has 0 atom stereocenters. The molecule has 0 bridgehead atoms. The minimum Gasteiger partial charge on any atom is -0.206 e. The highest BCUT2D eigenvalue weighted by atomic mass is 79.9. The Morgan fingerprint density at radius 3 is 2.21 bits per heavy atom. The van der Waals surface area contributed by atoms with Crippen molar-refractivity contribution in [1.29, 1.82) is 0 Å². The molecule has 0 spiro atoms. The summed E-state index contributed by atoms with van der Waals surface area (Å²) in [6, 6.07) is 4.93. The summed E-state index contributed by atoms with van der Waals surface area (Å²) in [6.07, 6.45) is 0. The van der Waals surface area contributed by atoms with Gasteiger partial charge in [-0.1, -0.05) is 19.9 Å². The summed E-state index contributed by atoms with van der Waals surface area (Å²) in [7, 11) is 0. The molecular formula is C11H16BrFS. The molecule has 1 aromatic carbocycles. The molecule has 0 aliphatic heterocycles. The zero-order valence-electron chi connectivity index (χ0n) is 8.72. The average molecular weight is 279 g/mol. The summed E-state index contributed by atoms with van der Waals surface area (Å²) < 4.78 is 13.0. The normalized spacial score (nSPS) is 9.64. The number of rotatable bonds is 1. The first-order chi connectivity index (χ1) is 6.47. The van der Waals surface area contributed by atoms with E-state index in [2.05, 4.69) is 42.4 Å². The van der Waals surface area contributed by atoms with Crippen molar-refractivity contribution < 1.29 is 4.39 Å². The van der Waals surface area contributed by atoms with Crippen molar-refractivity contribution in [1.82, 2.24) is 0 Å². The molecule has 3 heteroatoms. The van der Waals surface area contributed by atoms with Crippen LogP contribution >= 0.6 is 28.6 Å². The fraction of sp³-hybridized carbons (Fsp3) is 0.455. The van der Waals surface area contributed by atoms with E-state index in [1.807, 2.05) is 6.92 Å². The molecule has 0 saturated carbocycles. The van der Waals surface area contributed by atoms with Crippen LogP contribution in [0.2, 0.25) is 0 Å². The lowest BCUT2D eigenvalue weighted by Gasteiger charge is -1.93. The van der Waals surface area contributed by atoms with Crippen LogP contribution in [0.5, 0.6) is 0 Å². The second kappa shape index (κ2) is 7.30. The predicted molar refractivity (Wildman–Crippen MR) is 67.5 cm³/mol. The van der Waals surface area contributed by atoms with Crippen LogP contribution in [0, 0.1) is 18.7 Å². The quantitative estimate of drug-likeness (QED) is 0.720. The number of aryl methyl sites for hydroxylation is 1. The molecule has 0 aliphatic rings. The molecule has 0 saturated heterocycles. The molecule has 0 N–H and O–H groups in total. The van der Waals surface area contributed by atoms with Crippen LogP contribution in [-0.4, -0.2) is 5.75 Å². The van der Waals surface area contributed by atoms with Crippen LogP contribution in [0.1, 0.15) is 19.4 Å². The van der Waals surface area contributed by atoms with Crippen LogP contribution < -0.4 is 0 Å². The first-order valence-electron chi connectivity index (χ1n) is 4.50. The van der Waals surface area contributed by atoms with Crippen LogP contribution in [0.15, 0.2) is 22.7 Å². The number of hydrogen-bond donors (Lipinski definition) is 1. The van der Waals surface area contributed by atoms with Crippen molar-refractivity contribution in [3.63, 3.8) is 0 Å². The lowest BCUT2D eigenvalue weighted by atomic mass is 10.2. The van der Waals surface area contributed by atoms with Gasteiger partial charge < -0.3 is 0 Å². The molecule has 0 aromatic heterocycles. The molecule has 0 nitrogen and oxygen atoms in total. The van der Waals surface area contributed by atoms with Gasteiger partial charge >= 0.3 is 0 Å². The van der Waals surface area contributed by atoms with Gasteiger partial charge in [0.2, 0.25) is 0 Å². The van der Waals surface area contributed by atoms with Crippen LogP contribution in [0.4, 0.5) is 4.39 Å². The number of halogens is 2. The molecule has 1 aromatic rings. The first-order valence-corrected chi connectivity index (χ1v) is 5.92. The Morgan fingerprint density at radius 2 is 1.93 bits per heavy atom. The third-order valence-corrected chi connectivity index (χ3v) is 2.78. The molecule has 14 heavy (non-hydrogen) atoms. The van der Waals surface area contributed by atoms with E-state index in [1.54, 1.807) is 12.1 Å². The van der Waals surface area contributed by atoms with Crippen molar-refractivity contribution in [2.75, 3.05) is 5.75 Å². The van der Waals surface area contributed by atoms with Gasteiger partial charge in [0.1, 0.15) is 5.82 Å². The van der Waals surface area contributed by atoms with Gasteiger partial charge in [0.15, 0.2) is 0 Å². The van der Waals surface area contributed by atoms with E-state index < -0.39 is 0 Å². The Hall–Kier alpha value is -0.0200. The molecule has 1 rings (SSSR count). The molecule has 0 aliphatic carbocycles. The Bertz CT molecular complexity index is 274. The summed E-state index contributed by atoms with van der Waals surface area (Å²) >= 11 is 7.09. The number of benzene rings is 1. The Kier molecular flexibility index (Phi) is 7.28. The molecule has 0 fully saturated rings. The smallest absolute Gasteiger partial charge is 0.137 e. The van der Waals surface area contributed by atoms with Crippen LogP contribution in [-0.2, 0) is 0 Å². The van der Waals surface area contributed by atoms with Crippen LogP contribution in [0.3, 0.4) is 0 Å². The maximum atomic E-state index is 12.5. The van der Waals surface area contributed by atoms with Gasteiger partial charge in [-0.25, -0.2) is 4.39 Å². The minimum absolute atomic E-state index is 0.208. The van der Waals surface area contributed by atoms with Gasteiger partial charge in [-0.05, 0) is 52.2 Å². The van der Waals surface area contributed by atoms with Gasteiger partial charge in [0, 0.05) is 0 Å². The molecule has 0 unspecified atom stereocenters. The summed E-state index contributed by atoms with van der Waals surface area (Å²) in [4.78, 5) is 0. The number of hydrogen-bond acceptors (Lipinski definition) is 1. The maximum absolute atomic E-state index is 12.5. The van der Waals surface area contributed by atoms with E-state index in [4.69, 9.17) is 0 Å². The molecule has 0 amide bonds. The zero-order chi connectivity index (χ0) is 11.1. The third kappa shape index (κ3) is 6.44. The lowest BCUT2D eigenvalue weighted by Crippen LogP contribution is -1.83. The van der Waals surface area contributed by atoms with Crippen molar-refractivity contribution in [3.8, 4) is 0 Å². The van der Waals surface area contributed by atoms with Gasteiger partial charge in [-0.2, -0.15) is 12.6 Å². The zero-order valence-corrected chi connectivity index (χ0v) is 11.2. The van der Waals surface area contributed by atoms with E-state index in [9.17, 15) is 4.39 Å². The molecule has 0 heterocycles. The van der Waals surface area contributed by atoms with Crippen molar-refractivity contribution in [2.24, 2.45) is 5.92 Å². The van der Waals surface area contributed by atoms with E-state index in [0.717, 1.165) is 17.2 Å². The highest BCUT2D eigenvalue weighted by Gasteiger charge is 1.94. The van der Waals surface area contributed by atoms with Crippen LogP contribution in [0.25, 0.3) is 0 Å². The average Bonchev–Trinajstić information content (AvgIpc) is 2.13. The van der Waals surface area contributed by atoms with E-state index in [0.29, 0.717) is 4.47 Å². The van der Waals surface area contributed by atoms with Gasteiger partial charge in [0.05, 0.1) is 4.47 Å². The Morgan fingerprint density at radius 1 is 1.43 bits per heavy atom. The van der Waals surface area contributed by atoms with Gasteiger partial charge in [-0.3, -0.25) is 0 Å². The van der Waals surface area contributed by atoms with Crippen molar-refractivity contribution in [3.05, 3.63) is 34.1 Å². The summed E-state index contributed by atoms with van der Waals surface area (Å²) in [5, 5.41) is 0. The van der Waals surface area contributed by atoms with E-state index in [1.165, 1.54) is 6.07 Å². The molecular weight excluding hydrogens is 263 g/mol. The monoisotopic (exact) mass is 278 g/mol. The van der Waals surface area contributed by atoms with Crippen molar-refractivity contribution >= 4 is 28.6 Å². The second-order valence-corrected chi connectivity index (χ2v) is 4.71. The predicted octanol–water partition coefficient (Wildman–Crippen LogP) is 4.47. The summed E-state index contributed by atoms with van der Waals surface area (Å²) in [6.45, 7) is 6.21. The topological polar surface area (TPSA) is 0 Å². The fourth-order valence-corrected chi connectivity index (χ4v) is 1.09. The lowest BCUT2D eigenvalue weighted by molar-refractivity contribution is 0.620. The SMILES string of the molecule is CC(C)CS.Cc1ccc(F)c(Br)c1. The van der Waals surface area contributed by atoms with Gasteiger partial charge in [-0.15, -0.1) is 0 Å². The van der Waals surface area contributed by atoms with Crippen molar-refractivity contribution in [2.45, 2.75) is 20.8 Å². The molecule has 80 valence electrons. The Balaban J connectivity index is 0.000000292. The number of thiol groups is 1. The fourth-order valence-electron chi connectivity index (χ4n) is 0.601. The van der Waals surface area contributed by atoms with Gasteiger partial charge in [0.25, 0.3) is 0 Å². The molecule has 0 radical (unpaired) electrons. The highest BCUT2D eigenvalue weighted by molar-refractivity contribution is 9.10. The second-order valence-electron chi connectivity index (χ2n) is 3.49. The Labute approximate surface area is 99.5 Å². The third-order valence-electron chi connectivity index (χ3n) is 1.44. The first kappa shape index (κ1) is 14.0. The van der Waals surface area contributed by atoms with E-state index >= 15 is 0 Å². The summed E-state index contributed by atoms with van der Waals surface area (Å²) in [5.74, 6) is 1.54. The summed E-state index contributed by atoms with van der Waals surface area (Å²) in [5.41, 5.74) is 1.06. The standard InChI is InChI=1S/C7H6BrF.C4H10S/c1-5-2-3-7(9)6(8)4-5;1-4(2)3-5/h2-4H,1H3;4-5H,3H2,1-2H3. The highest BCUT2D eigenvalue weighted by Crippen LogP contribution is 2.15.